The molecule has 1 unspecified atom stereocenters. The van der Waals surface area contributed by atoms with Crippen molar-refractivity contribution in [3.05, 3.63) is 12.3 Å². The number of ketones is 1. The molecular weight excluding hydrogens is 222 g/mol. The Balaban J connectivity index is 4.52. The predicted molar refractivity (Wildman–Crippen MR) is 79.5 cm³/mol. The van der Waals surface area contributed by atoms with E-state index in [-0.39, 0.29) is 17.2 Å². The molecule has 0 spiro atoms. The molecule has 0 aromatic carbocycles. The Morgan fingerprint density at radius 3 is 1.94 bits per heavy atom. The van der Waals surface area contributed by atoms with E-state index in [1.807, 2.05) is 39.6 Å². The average Bonchev–Trinajstić information content (AvgIpc) is 2.20. The van der Waals surface area contributed by atoms with Gasteiger partial charge in [-0.1, -0.05) is 48.1 Å². The third kappa shape index (κ3) is 5.70. The average molecular weight is 253 g/mol. The topological polar surface area (TPSA) is 20.3 Å². The van der Waals surface area contributed by atoms with Crippen molar-refractivity contribution in [3.8, 4) is 0 Å². The van der Waals surface area contributed by atoms with Gasteiger partial charge < -0.3 is 4.90 Å². The number of allylic oxidation sites excluding steroid dienone is 1. The first-order valence-electron chi connectivity index (χ1n) is 6.81. The first-order valence-corrected chi connectivity index (χ1v) is 6.81. The van der Waals surface area contributed by atoms with Crippen LogP contribution in [0.2, 0.25) is 0 Å². The summed E-state index contributed by atoms with van der Waals surface area (Å²) in [4.78, 5) is 14.3. The molecule has 0 N–H and O–H groups in total. The minimum atomic E-state index is -0.294. The van der Waals surface area contributed by atoms with Gasteiger partial charge in [-0.3, -0.25) is 4.79 Å². The van der Waals surface area contributed by atoms with Crippen LogP contribution in [0.15, 0.2) is 12.3 Å². The van der Waals surface area contributed by atoms with E-state index < -0.39 is 0 Å². The molecular formula is C16H31NO. The maximum absolute atomic E-state index is 12.2. The van der Waals surface area contributed by atoms with E-state index in [0.29, 0.717) is 5.41 Å². The minimum Gasteiger partial charge on any atom is -0.369 e. The van der Waals surface area contributed by atoms with Gasteiger partial charge >= 0.3 is 0 Å². The lowest BCUT2D eigenvalue weighted by molar-refractivity contribution is -0.130. The molecule has 106 valence electrons. The number of nitrogens with zero attached hydrogens (tertiary/aromatic N) is 1. The van der Waals surface area contributed by atoms with Crippen molar-refractivity contribution in [1.82, 2.24) is 4.90 Å². The van der Waals surface area contributed by atoms with Gasteiger partial charge in [-0.15, -0.1) is 0 Å². The summed E-state index contributed by atoms with van der Waals surface area (Å²) >= 11 is 0. The van der Waals surface area contributed by atoms with E-state index in [4.69, 9.17) is 0 Å². The summed E-state index contributed by atoms with van der Waals surface area (Å²) in [5.74, 6) is 0.266. The van der Waals surface area contributed by atoms with Crippen LogP contribution >= 0.6 is 0 Å². The molecule has 0 saturated heterocycles. The van der Waals surface area contributed by atoms with E-state index in [9.17, 15) is 4.79 Å². The van der Waals surface area contributed by atoms with Crippen LogP contribution in [0.3, 0.4) is 0 Å². The van der Waals surface area contributed by atoms with Gasteiger partial charge in [0.25, 0.3) is 0 Å². The molecule has 0 aliphatic carbocycles. The molecule has 2 nitrogen and oxygen atoms in total. The molecule has 18 heavy (non-hydrogen) atoms. The normalized spacial score (nSPS) is 14.2. The molecule has 0 amide bonds. The second kappa shape index (κ2) is 5.90. The van der Waals surface area contributed by atoms with Gasteiger partial charge in [-0.2, -0.15) is 0 Å². The molecule has 0 saturated carbocycles. The lowest BCUT2D eigenvalue weighted by Gasteiger charge is -2.33. The summed E-state index contributed by atoms with van der Waals surface area (Å²) in [6.45, 7) is 18.7. The van der Waals surface area contributed by atoms with Crippen molar-refractivity contribution in [2.75, 3.05) is 7.05 Å². The van der Waals surface area contributed by atoms with Gasteiger partial charge in [0.15, 0.2) is 5.78 Å². The number of carbonyl (C=O) groups is 1. The molecule has 0 radical (unpaired) electrons. The standard InChI is InChI=1S/C16H31NO/c1-12(10-11-15(3,4)5)17(9)13(2)14(18)16(6,7)8/h13H,1,10-11H2,2-9H3. The highest BCUT2D eigenvalue weighted by Crippen LogP contribution is 2.26. The Morgan fingerprint density at radius 1 is 1.17 bits per heavy atom. The quantitative estimate of drug-likeness (QED) is 0.729. The number of hydrogen-bond donors (Lipinski definition) is 0. The van der Waals surface area contributed by atoms with Crippen LogP contribution in [-0.2, 0) is 4.79 Å². The fourth-order valence-corrected chi connectivity index (χ4v) is 1.77. The van der Waals surface area contributed by atoms with E-state index in [1.54, 1.807) is 0 Å². The van der Waals surface area contributed by atoms with Crippen LogP contribution in [0.4, 0.5) is 0 Å². The molecule has 0 rings (SSSR count). The van der Waals surface area contributed by atoms with Gasteiger partial charge in [0.2, 0.25) is 0 Å². The summed E-state index contributed by atoms with van der Waals surface area (Å²) in [6.07, 6.45) is 2.04. The third-order valence-corrected chi connectivity index (χ3v) is 3.36. The second-order valence-electron chi connectivity index (χ2n) is 7.53. The molecule has 0 aliphatic rings. The molecule has 0 aromatic rings. The minimum absolute atomic E-state index is 0.0996. The Hall–Kier alpha value is -0.790. The van der Waals surface area contributed by atoms with Crippen molar-refractivity contribution < 1.29 is 4.79 Å². The summed E-state index contributed by atoms with van der Waals surface area (Å²) in [7, 11) is 1.97. The fraction of sp³-hybridized carbons (Fsp3) is 0.812. The Labute approximate surface area is 113 Å². The van der Waals surface area contributed by atoms with Crippen LogP contribution < -0.4 is 0 Å². The highest BCUT2D eigenvalue weighted by molar-refractivity contribution is 5.88. The van der Waals surface area contributed by atoms with Gasteiger partial charge in [0.05, 0.1) is 6.04 Å². The number of rotatable bonds is 5. The van der Waals surface area contributed by atoms with E-state index >= 15 is 0 Å². The van der Waals surface area contributed by atoms with Crippen molar-refractivity contribution >= 4 is 5.78 Å². The van der Waals surface area contributed by atoms with Crippen molar-refractivity contribution in [2.45, 2.75) is 67.3 Å². The van der Waals surface area contributed by atoms with Crippen LogP contribution in [0.25, 0.3) is 0 Å². The van der Waals surface area contributed by atoms with Crippen LogP contribution in [0.5, 0.6) is 0 Å². The van der Waals surface area contributed by atoms with Crippen LogP contribution in [0.1, 0.15) is 61.3 Å². The van der Waals surface area contributed by atoms with Crippen molar-refractivity contribution in [3.63, 3.8) is 0 Å². The molecule has 0 fully saturated rings. The zero-order valence-corrected chi connectivity index (χ0v) is 13.6. The highest BCUT2D eigenvalue weighted by Gasteiger charge is 2.29. The summed E-state index contributed by atoms with van der Waals surface area (Å²) in [5.41, 5.74) is 1.06. The Morgan fingerprint density at radius 2 is 1.61 bits per heavy atom. The summed E-state index contributed by atoms with van der Waals surface area (Å²) in [5, 5.41) is 0. The molecule has 0 aliphatic heterocycles. The van der Waals surface area contributed by atoms with Crippen LogP contribution in [-0.4, -0.2) is 23.8 Å². The monoisotopic (exact) mass is 253 g/mol. The van der Waals surface area contributed by atoms with Gasteiger partial charge in [0.1, 0.15) is 0 Å². The zero-order chi connectivity index (χ0) is 14.7. The molecule has 0 aromatic heterocycles. The lowest BCUT2D eigenvalue weighted by Crippen LogP contribution is -2.41. The van der Waals surface area contributed by atoms with Gasteiger partial charge in [-0.05, 0) is 25.2 Å². The fourth-order valence-electron chi connectivity index (χ4n) is 1.77. The lowest BCUT2D eigenvalue weighted by atomic mass is 9.86. The molecule has 0 heterocycles. The molecule has 2 heteroatoms. The zero-order valence-electron chi connectivity index (χ0n) is 13.6. The van der Waals surface area contributed by atoms with Crippen molar-refractivity contribution in [1.29, 1.82) is 0 Å². The summed E-state index contributed by atoms with van der Waals surface area (Å²) < 4.78 is 0. The molecule has 1 atom stereocenters. The third-order valence-electron chi connectivity index (χ3n) is 3.36. The van der Waals surface area contributed by atoms with Gasteiger partial charge in [0, 0.05) is 18.2 Å². The van der Waals surface area contributed by atoms with Crippen LogP contribution in [0, 0.1) is 10.8 Å². The maximum atomic E-state index is 12.2. The van der Waals surface area contributed by atoms with Gasteiger partial charge in [-0.25, -0.2) is 0 Å². The van der Waals surface area contributed by atoms with E-state index in [0.717, 1.165) is 18.5 Å². The first kappa shape index (κ1) is 17.2. The molecule has 0 bridgehead atoms. The van der Waals surface area contributed by atoms with Crippen molar-refractivity contribution in [2.24, 2.45) is 10.8 Å². The van der Waals surface area contributed by atoms with E-state index in [1.165, 1.54) is 0 Å². The van der Waals surface area contributed by atoms with E-state index in [2.05, 4.69) is 27.4 Å². The smallest absolute Gasteiger partial charge is 0.160 e. The Kier molecular flexibility index (Phi) is 5.64. The predicted octanol–water partition coefficient (Wildman–Crippen LogP) is 4.26. The number of likely N-dealkylation sites (N-methyl/N-ethyl adjacent to an activating group) is 1. The largest absolute Gasteiger partial charge is 0.369 e. The SMILES string of the molecule is C=C(CCC(C)(C)C)N(C)C(C)C(=O)C(C)(C)C. The number of carbonyl (C=O) groups excluding carboxylic acids is 1. The Bertz CT molecular complexity index is 304. The summed E-state index contributed by atoms with van der Waals surface area (Å²) in [6, 6.07) is -0.0996. The number of Topliss-reactive ketones (excluding diaryl/α,β-unsaturated/α-hetero) is 1. The first-order chi connectivity index (χ1) is 7.86. The second-order valence-corrected chi connectivity index (χ2v) is 7.53. The maximum Gasteiger partial charge on any atom is 0.160 e. The number of hydrogen-bond acceptors (Lipinski definition) is 2. The highest BCUT2D eigenvalue weighted by atomic mass is 16.1.